The molecule has 7 heteroatoms. The average Bonchev–Trinajstić information content (AvgIpc) is 2.50. The zero-order valence-electron chi connectivity index (χ0n) is 11.9. The Balaban J connectivity index is 0.000000231. The van der Waals surface area contributed by atoms with Gasteiger partial charge in [-0.1, -0.05) is 23.7 Å². The van der Waals surface area contributed by atoms with Gasteiger partial charge in [0.1, 0.15) is 0 Å². The summed E-state index contributed by atoms with van der Waals surface area (Å²) in [5.41, 5.74) is 0.946. The van der Waals surface area contributed by atoms with Gasteiger partial charge in [0, 0.05) is 11.4 Å². The van der Waals surface area contributed by atoms with E-state index in [0.29, 0.717) is 11.4 Å². The molecule has 0 aromatic heterocycles. The van der Waals surface area contributed by atoms with E-state index in [2.05, 4.69) is 0 Å². The molecule has 2 aromatic rings. The van der Waals surface area contributed by atoms with Crippen LogP contribution in [0.25, 0.3) is 0 Å². The lowest BCUT2D eigenvalue weighted by molar-refractivity contribution is -0.136. The molecule has 0 unspecified atom stereocenters. The fourth-order valence-corrected chi connectivity index (χ4v) is 1.68. The number of aryl methyl sites for hydroxylation is 1. The van der Waals surface area contributed by atoms with Gasteiger partial charge < -0.3 is 20.4 Å². The second-order valence-corrected chi connectivity index (χ2v) is 4.97. The van der Waals surface area contributed by atoms with Gasteiger partial charge in [-0.15, -0.1) is 0 Å². The van der Waals surface area contributed by atoms with Crippen LogP contribution in [0.2, 0.25) is 5.02 Å². The third kappa shape index (κ3) is 6.71. The second-order valence-electron chi connectivity index (χ2n) is 4.53. The minimum Gasteiger partial charge on any atom is -0.504 e. The summed E-state index contributed by atoms with van der Waals surface area (Å²) in [4.78, 5) is 20.5. The number of hydrogen-bond donors (Lipinski definition) is 4. The Labute approximate surface area is 137 Å². The number of aliphatic carboxylic acids is 1. The van der Waals surface area contributed by atoms with Crippen LogP contribution in [0.15, 0.2) is 42.5 Å². The van der Waals surface area contributed by atoms with Crippen LogP contribution in [0.1, 0.15) is 22.3 Å². The number of rotatable bonds is 4. The second kappa shape index (κ2) is 8.65. The Morgan fingerprint density at radius 1 is 0.913 bits per heavy atom. The SMILES string of the molecule is O=C(O)CCc1ccc(Cl)cc1.O=C(O)c1ccc(O)c(O)c1. The van der Waals surface area contributed by atoms with E-state index in [1.165, 1.54) is 6.07 Å². The van der Waals surface area contributed by atoms with Crippen LogP contribution in [0.4, 0.5) is 0 Å². The lowest BCUT2D eigenvalue weighted by Crippen LogP contribution is -1.96. The van der Waals surface area contributed by atoms with E-state index in [1.807, 2.05) is 12.1 Å². The van der Waals surface area contributed by atoms with E-state index in [9.17, 15) is 9.59 Å². The summed E-state index contributed by atoms with van der Waals surface area (Å²) >= 11 is 5.66. The van der Waals surface area contributed by atoms with Crippen molar-refractivity contribution < 1.29 is 30.0 Å². The molecule has 0 heterocycles. The summed E-state index contributed by atoms with van der Waals surface area (Å²) < 4.78 is 0. The number of hydrogen-bond acceptors (Lipinski definition) is 4. The van der Waals surface area contributed by atoms with Crippen molar-refractivity contribution in [3.63, 3.8) is 0 Å². The number of carboxylic acids is 2. The fraction of sp³-hybridized carbons (Fsp3) is 0.125. The fourth-order valence-electron chi connectivity index (χ4n) is 1.56. The lowest BCUT2D eigenvalue weighted by atomic mass is 10.1. The normalized spacial score (nSPS) is 9.61. The molecule has 0 amide bonds. The average molecular weight is 339 g/mol. The maximum Gasteiger partial charge on any atom is 0.335 e. The monoisotopic (exact) mass is 338 g/mol. The molecule has 4 N–H and O–H groups in total. The Morgan fingerprint density at radius 3 is 2.00 bits per heavy atom. The summed E-state index contributed by atoms with van der Waals surface area (Å²) in [7, 11) is 0. The molecule has 0 aliphatic rings. The van der Waals surface area contributed by atoms with E-state index in [0.717, 1.165) is 17.7 Å². The number of aromatic hydroxyl groups is 2. The first-order chi connectivity index (χ1) is 10.8. The van der Waals surface area contributed by atoms with Crippen LogP contribution in [0.5, 0.6) is 11.5 Å². The van der Waals surface area contributed by atoms with E-state index in [-0.39, 0.29) is 17.7 Å². The van der Waals surface area contributed by atoms with Gasteiger partial charge >= 0.3 is 11.9 Å². The first-order valence-electron chi connectivity index (χ1n) is 6.51. The minimum absolute atomic E-state index is 0.0553. The Morgan fingerprint density at radius 2 is 1.52 bits per heavy atom. The van der Waals surface area contributed by atoms with Crippen LogP contribution in [0.3, 0.4) is 0 Å². The highest BCUT2D eigenvalue weighted by Gasteiger charge is 2.05. The molecule has 0 saturated carbocycles. The topological polar surface area (TPSA) is 115 Å². The molecule has 0 fully saturated rings. The number of halogens is 1. The van der Waals surface area contributed by atoms with Crippen LogP contribution in [-0.2, 0) is 11.2 Å². The molecule has 0 saturated heterocycles. The van der Waals surface area contributed by atoms with Crippen molar-refractivity contribution in [2.24, 2.45) is 0 Å². The molecule has 0 spiro atoms. The van der Waals surface area contributed by atoms with Gasteiger partial charge in [-0.05, 0) is 42.3 Å². The first-order valence-corrected chi connectivity index (χ1v) is 6.89. The summed E-state index contributed by atoms with van der Waals surface area (Å²) in [6.07, 6.45) is 0.730. The van der Waals surface area contributed by atoms with Crippen molar-refractivity contribution in [3.05, 3.63) is 58.6 Å². The predicted octanol–water partition coefficient (Wildman–Crippen LogP) is 3.15. The number of carbonyl (C=O) groups is 2. The van der Waals surface area contributed by atoms with Crippen LogP contribution in [-0.4, -0.2) is 32.4 Å². The predicted molar refractivity (Wildman–Crippen MR) is 84.1 cm³/mol. The summed E-state index contributed by atoms with van der Waals surface area (Å²) in [5.74, 6) is -2.66. The van der Waals surface area contributed by atoms with Crippen LogP contribution in [0, 0.1) is 0 Å². The van der Waals surface area contributed by atoms with Gasteiger partial charge in [-0.2, -0.15) is 0 Å². The first kappa shape index (κ1) is 18.3. The zero-order chi connectivity index (χ0) is 17.4. The van der Waals surface area contributed by atoms with Crippen LogP contribution < -0.4 is 0 Å². The van der Waals surface area contributed by atoms with E-state index >= 15 is 0 Å². The van der Waals surface area contributed by atoms with Crippen molar-refractivity contribution in [2.75, 3.05) is 0 Å². The molecule has 0 atom stereocenters. The Kier molecular flexibility index (Phi) is 6.89. The lowest BCUT2D eigenvalue weighted by Gasteiger charge is -1.97. The molecular formula is C16H15ClO6. The third-order valence-corrected chi connectivity index (χ3v) is 3.02. The van der Waals surface area contributed by atoms with E-state index < -0.39 is 17.7 Å². The Hall–Kier alpha value is -2.73. The quantitative estimate of drug-likeness (QED) is 0.636. The number of carboxylic acid groups (broad SMARTS) is 2. The highest BCUT2D eigenvalue weighted by Crippen LogP contribution is 2.24. The molecule has 0 aliphatic heterocycles. The maximum atomic E-state index is 10.3. The Bertz CT molecular complexity index is 681. The molecule has 2 rings (SSSR count). The van der Waals surface area contributed by atoms with Gasteiger partial charge in [0.05, 0.1) is 5.56 Å². The van der Waals surface area contributed by atoms with Crippen molar-refractivity contribution in [2.45, 2.75) is 12.8 Å². The van der Waals surface area contributed by atoms with Crippen molar-refractivity contribution in [1.82, 2.24) is 0 Å². The van der Waals surface area contributed by atoms with Crippen molar-refractivity contribution >= 4 is 23.5 Å². The van der Waals surface area contributed by atoms with E-state index in [1.54, 1.807) is 12.1 Å². The van der Waals surface area contributed by atoms with E-state index in [4.69, 9.17) is 32.0 Å². The number of aromatic carboxylic acids is 1. The smallest absolute Gasteiger partial charge is 0.335 e. The number of phenols is 2. The van der Waals surface area contributed by atoms with Gasteiger partial charge in [-0.25, -0.2) is 4.79 Å². The molecule has 122 valence electrons. The van der Waals surface area contributed by atoms with Crippen LogP contribution >= 0.6 is 11.6 Å². The summed E-state index contributed by atoms with van der Waals surface area (Å²) in [5, 5.41) is 35.1. The molecular weight excluding hydrogens is 324 g/mol. The summed E-state index contributed by atoms with van der Waals surface area (Å²) in [6.45, 7) is 0. The van der Waals surface area contributed by atoms with Crippen molar-refractivity contribution in [1.29, 1.82) is 0 Å². The highest BCUT2D eigenvalue weighted by atomic mass is 35.5. The molecule has 0 radical (unpaired) electrons. The maximum absolute atomic E-state index is 10.3. The third-order valence-electron chi connectivity index (χ3n) is 2.76. The zero-order valence-corrected chi connectivity index (χ0v) is 12.7. The molecule has 6 nitrogen and oxygen atoms in total. The molecule has 2 aromatic carbocycles. The highest BCUT2D eigenvalue weighted by molar-refractivity contribution is 6.30. The minimum atomic E-state index is -1.14. The van der Waals surface area contributed by atoms with Gasteiger partial charge in [0.15, 0.2) is 11.5 Å². The largest absolute Gasteiger partial charge is 0.504 e. The van der Waals surface area contributed by atoms with Crippen molar-refractivity contribution in [3.8, 4) is 11.5 Å². The van der Waals surface area contributed by atoms with Gasteiger partial charge in [0.2, 0.25) is 0 Å². The summed E-state index contributed by atoms with van der Waals surface area (Å²) in [6, 6.07) is 10.5. The standard InChI is InChI=1S/C9H9ClO2.C7H6O4/c10-8-4-1-7(2-5-8)3-6-9(11)12;8-5-2-1-4(7(10)11)3-6(5)9/h1-2,4-5H,3,6H2,(H,11,12);1-3,8-9H,(H,10,11). The van der Waals surface area contributed by atoms with Gasteiger partial charge in [-0.3, -0.25) is 4.79 Å². The number of benzene rings is 2. The molecule has 0 aliphatic carbocycles. The molecule has 23 heavy (non-hydrogen) atoms. The van der Waals surface area contributed by atoms with Gasteiger partial charge in [0.25, 0.3) is 0 Å². The molecule has 0 bridgehead atoms. The number of phenolic OH excluding ortho intramolecular Hbond substituents is 2.